The third-order valence-corrected chi connectivity index (χ3v) is 6.81. The lowest BCUT2D eigenvalue weighted by Gasteiger charge is -2.12. The molecule has 0 unspecified atom stereocenters. The predicted octanol–water partition coefficient (Wildman–Crippen LogP) is 7.53. The zero-order valence-corrected chi connectivity index (χ0v) is 25.3. The molecule has 10 nitrogen and oxygen atoms in total. The van der Waals surface area contributed by atoms with Crippen molar-refractivity contribution in [1.29, 1.82) is 0 Å². The van der Waals surface area contributed by atoms with Crippen molar-refractivity contribution in [3.63, 3.8) is 0 Å². The highest BCUT2D eigenvalue weighted by atomic mass is 19.1. The first kappa shape index (κ1) is 31.4. The number of anilines is 2. The molecule has 0 aliphatic rings. The lowest BCUT2D eigenvalue weighted by atomic mass is 10.2. The van der Waals surface area contributed by atoms with E-state index in [2.05, 4.69) is 9.97 Å². The van der Waals surface area contributed by atoms with Crippen LogP contribution in [0.15, 0.2) is 85.2 Å². The van der Waals surface area contributed by atoms with E-state index in [-0.39, 0.29) is 11.4 Å². The van der Waals surface area contributed by atoms with E-state index in [1.54, 1.807) is 89.4 Å². The summed E-state index contributed by atoms with van der Waals surface area (Å²) in [6.07, 6.45) is 3.22. The molecule has 2 heterocycles. The van der Waals surface area contributed by atoms with Crippen LogP contribution in [-0.2, 0) is 0 Å². The molecule has 236 valence electrons. The van der Waals surface area contributed by atoms with Gasteiger partial charge in [0.25, 0.3) is 0 Å². The fourth-order valence-corrected chi connectivity index (χ4v) is 4.47. The summed E-state index contributed by atoms with van der Waals surface area (Å²) in [6, 6.07) is 19.0. The lowest BCUT2D eigenvalue weighted by Crippen LogP contribution is -1.94. The molecule has 0 bridgehead atoms. The van der Waals surface area contributed by atoms with E-state index in [4.69, 9.17) is 39.9 Å². The first-order chi connectivity index (χ1) is 22.2. The molecule has 0 aliphatic heterocycles. The van der Waals surface area contributed by atoms with Gasteiger partial charge in [-0.1, -0.05) is 0 Å². The van der Waals surface area contributed by atoms with Crippen molar-refractivity contribution in [1.82, 2.24) is 9.97 Å². The first-order valence-corrected chi connectivity index (χ1v) is 13.7. The number of aromatic nitrogens is 2. The number of ether oxygens (including phenoxy) is 6. The maximum atomic E-state index is 13.6. The van der Waals surface area contributed by atoms with E-state index in [0.29, 0.717) is 57.0 Å². The third kappa shape index (κ3) is 6.70. The summed E-state index contributed by atoms with van der Waals surface area (Å²) in [5.74, 6) is 2.95. The number of rotatable bonds is 8. The van der Waals surface area contributed by atoms with Crippen LogP contribution in [0.1, 0.15) is 0 Å². The number of methoxy groups -OCH3 is 4. The molecule has 4 aromatic carbocycles. The smallest absolute Gasteiger partial charge is 0.162 e. The minimum Gasteiger partial charge on any atom is -0.493 e. The number of benzene rings is 4. The maximum absolute atomic E-state index is 13.6. The van der Waals surface area contributed by atoms with Crippen LogP contribution < -0.4 is 39.9 Å². The topological polar surface area (TPSA) is 133 Å². The van der Waals surface area contributed by atoms with Crippen LogP contribution in [-0.4, -0.2) is 38.4 Å². The zero-order chi connectivity index (χ0) is 32.8. The van der Waals surface area contributed by atoms with Gasteiger partial charge < -0.3 is 39.9 Å². The van der Waals surface area contributed by atoms with E-state index in [1.165, 1.54) is 24.3 Å². The van der Waals surface area contributed by atoms with Crippen molar-refractivity contribution in [3.8, 4) is 46.0 Å². The molecule has 4 N–H and O–H groups in total. The molecule has 12 heteroatoms. The lowest BCUT2D eigenvalue weighted by molar-refractivity contribution is 0.355. The van der Waals surface area contributed by atoms with Crippen molar-refractivity contribution in [3.05, 3.63) is 96.8 Å². The Hall–Kier alpha value is -6.04. The average Bonchev–Trinajstić information content (AvgIpc) is 3.07. The number of hydrogen-bond donors (Lipinski definition) is 2. The van der Waals surface area contributed by atoms with Gasteiger partial charge in [0.15, 0.2) is 23.0 Å². The highest BCUT2D eigenvalue weighted by Crippen LogP contribution is 2.38. The van der Waals surface area contributed by atoms with Crippen molar-refractivity contribution in [2.24, 2.45) is 0 Å². The minimum atomic E-state index is -0.528. The molecular formula is C34H30F2N4O6. The summed E-state index contributed by atoms with van der Waals surface area (Å²) < 4.78 is 59.8. The molecule has 0 saturated carbocycles. The summed E-state index contributed by atoms with van der Waals surface area (Å²) in [5.41, 5.74) is 12.4. The Bertz CT molecular complexity index is 1880. The van der Waals surface area contributed by atoms with Crippen LogP contribution in [0, 0.1) is 11.6 Å². The molecule has 0 atom stereocenters. The number of nitrogens with two attached hydrogens (primary N) is 2. The van der Waals surface area contributed by atoms with E-state index in [1.807, 2.05) is 0 Å². The van der Waals surface area contributed by atoms with E-state index < -0.39 is 11.6 Å². The summed E-state index contributed by atoms with van der Waals surface area (Å²) >= 11 is 0. The van der Waals surface area contributed by atoms with Gasteiger partial charge in [0.05, 0.1) is 50.8 Å². The van der Waals surface area contributed by atoms with Gasteiger partial charge in [0, 0.05) is 47.4 Å². The molecule has 0 radical (unpaired) electrons. The number of nitrogens with zero attached hydrogens (tertiary/aromatic N) is 2. The Morgan fingerprint density at radius 1 is 0.478 bits per heavy atom. The van der Waals surface area contributed by atoms with Gasteiger partial charge in [-0.05, 0) is 48.5 Å². The summed E-state index contributed by atoms with van der Waals surface area (Å²) in [5, 5.41) is 1.45. The molecule has 0 fully saturated rings. The Balaban J connectivity index is 0.000000181. The molecule has 6 rings (SSSR count). The molecule has 6 aromatic rings. The van der Waals surface area contributed by atoms with Gasteiger partial charge in [-0.3, -0.25) is 9.97 Å². The fraction of sp³-hybridized carbons (Fsp3) is 0.118. The number of pyridine rings is 2. The molecule has 0 saturated heterocycles. The maximum Gasteiger partial charge on any atom is 0.162 e. The van der Waals surface area contributed by atoms with Crippen LogP contribution >= 0.6 is 0 Å². The average molecular weight is 629 g/mol. The molecule has 0 spiro atoms. The highest BCUT2D eigenvalue weighted by Gasteiger charge is 2.13. The number of hydrogen-bond acceptors (Lipinski definition) is 10. The van der Waals surface area contributed by atoms with Gasteiger partial charge in [0.2, 0.25) is 0 Å². The van der Waals surface area contributed by atoms with Crippen LogP contribution in [0.5, 0.6) is 46.0 Å². The molecule has 2 aromatic heterocycles. The Morgan fingerprint density at radius 3 is 1.20 bits per heavy atom. The largest absolute Gasteiger partial charge is 0.493 e. The Morgan fingerprint density at radius 2 is 0.848 bits per heavy atom. The van der Waals surface area contributed by atoms with E-state index >= 15 is 0 Å². The monoisotopic (exact) mass is 628 g/mol. The van der Waals surface area contributed by atoms with Crippen molar-refractivity contribution >= 4 is 33.2 Å². The number of halogens is 2. The van der Waals surface area contributed by atoms with Gasteiger partial charge in [-0.2, -0.15) is 0 Å². The summed E-state index contributed by atoms with van der Waals surface area (Å²) in [7, 11) is 6.22. The standard InChI is InChI=1S/2C17H15FN2O3/c2*1-21-16-8-11-14(9-17(16)22-2)20-6-5-15(11)23-10-3-4-13(19)12(18)7-10/h2*3-9H,19H2,1-2H3. The first-order valence-electron chi connectivity index (χ1n) is 13.7. The van der Waals surface area contributed by atoms with E-state index in [0.717, 1.165) is 10.8 Å². The van der Waals surface area contributed by atoms with Crippen LogP contribution in [0.2, 0.25) is 0 Å². The van der Waals surface area contributed by atoms with Gasteiger partial charge >= 0.3 is 0 Å². The molecule has 46 heavy (non-hydrogen) atoms. The SMILES string of the molecule is COc1cc2nccc(Oc3ccc(N)c(F)c3)c2cc1OC.COc1cc2nccc(Oc3ccc(N)c(F)c3)c2cc1OC. The molecular weight excluding hydrogens is 598 g/mol. The van der Waals surface area contributed by atoms with Gasteiger partial charge in [0.1, 0.15) is 34.6 Å². The number of fused-ring (bicyclic) bond motifs is 2. The Labute approximate surface area is 263 Å². The summed E-state index contributed by atoms with van der Waals surface area (Å²) in [6.45, 7) is 0. The second kappa shape index (κ2) is 13.7. The highest BCUT2D eigenvalue weighted by molar-refractivity contribution is 5.89. The van der Waals surface area contributed by atoms with E-state index in [9.17, 15) is 8.78 Å². The number of nitrogen functional groups attached to an aromatic ring is 2. The minimum absolute atomic E-state index is 0.0725. The zero-order valence-electron chi connectivity index (χ0n) is 25.3. The van der Waals surface area contributed by atoms with Crippen LogP contribution in [0.4, 0.5) is 20.2 Å². The van der Waals surface area contributed by atoms with Crippen LogP contribution in [0.25, 0.3) is 21.8 Å². The fourth-order valence-electron chi connectivity index (χ4n) is 4.47. The second-order valence-corrected chi connectivity index (χ2v) is 9.64. The van der Waals surface area contributed by atoms with Crippen molar-refractivity contribution in [2.45, 2.75) is 0 Å². The third-order valence-electron chi connectivity index (χ3n) is 6.81. The predicted molar refractivity (Wildman–Crippen MR) is 171 cm³/mol. The summed E-state index contributed by atoms with van der Waals surface area (Å²) in [4.78, 5) is 8.58. The van der Waals surface area contributed by atoms with Crippen molar-refractivity contribution < 1.29 is 37.2 Å². The van der Waals surface area contributed by atoms with Crippen LogP contribution in [0.3, 0.4) is 0 Å². The Kier molecular flexibility index (Phi) is 9.36. The quantitative estimate of drug-likeness (QED) is 0.163. The van der Waals surface area contributed by atoms with Gasteiger partial charge in [-0.15, -0.1) is 0 Å². The molecule has 0 amide bonds. The van der Waals surface area contributed by atoms with Crippen molar-refractivity contribution in [2.75, 3.05) is 39.9 Å². The second-order valence-electron chi connectivity index (χ2n) is 9.64. The molecule has 0 aliphatic carbocycles. The van der Waals surface area contributed by atoms with Gasteiger partial charge in [-0.25, -0.2) is 8.78 Å². The normalized spacial score (nSPS) is 10.6.